The number of fused-ring (bicyclic) bond motifs is 1. The molecule has 0 spiro atoms. The summed E-state index contributed by atoms with van der Waals surface area (Å²) in [6.45, 7) is 1.86. The third-order valence-electron chi connectivity index (χ3n) is 5.53. The second-order valence-corrected chi connectivity index (χ2v) is 10.4. The molecule has 3 aromatic rings. The predicted molar refractivity (Wildman–Crippen MR) is 125 cm³/mol. The smallest absolute Gasteiger partial charge is 0.238 e. The van der Waals surface area contributed by atoms with Gasteiger partial charge in [-0.15, -0.1) is 0 Å². The molecular formula is C23H26N4O3S2. The maximum atomic E-state index is 12.6. The number of para-hydroxylation sites is 1. The number of imidazole rings is 1. The highest BCUT2D eigenvalue weighted by Gasteiger charge is 2.22. The fourth-order valence-corrected chi connectivity index (χ4v) is 5.28. The van der Waals surface area contributed by atoms with Crippen LogP contribution in [0.1, 0.15) is 42.8 Å². The molecule has 0 unspecified atom stereocenters. The van der Waals surface area contributed by atoms with E-state index in [1.54, 1.807) is 12.1 Å². The first-order chi connectivity index (χ1) is 15.3. The molecule has 0 radical (unpaired) electrons. The number of nitrogens with one attached hydrogen (secondary N) is 1. The van der Waals surface area contributed by atoms with Crippen molar-refractivity contribution in [1.29, 1.82) is 0 Å². The molecular weight excluding hydrogens is 444 g/mol. The molecule has 2 aromatic carbocycles. The molecule has 0 aliphatic heterocycles. The van der Waals surface area contributed by atoms with Gasteiger partial charge in [-0.3, -0.25) is 9.36 Å². The van der Waals surface area contributed by atoms with Gasteiger partial charge in [-0.2, -0.15) is 0 Å². The summed E-state index contributed by atoms with van der Waals surface area (Å²) in [5.74, 6) is 0.126. The third kappa shape index (κ3) is 5.06. The van der Waals surface area contributed by atoms with Gasteiger partial charge in [0.05, 0.1) is 22.4 Å². The van der Waals surface area contributed by atoms with Gasteiger partial charge < -0.3 is 5.32 Å². The maximum absolute atomic E-state index is 12.6. The number of hydrogen-bond donors (Lipinski definition) is 2. The quantitative estimate of drug-likeness (QED) is 0.515. The fourth-order valence-electron chi connectivity index (χ4n) is 3.90. The molecule has 1 aromatic heterocycles. The number of hydrogen-bond acceptors (Lipinski definition) is 5. The lowest BCUT2D eigenvalue weighted by Gasteiger charge is -2.16. The lowest BCUT2D eigenvalue weighted by molar-refractivity contribution is -0.119. The number of benzene rings is 2. The fraction of sp³-hybridized carbons (Fsp3) is 0.304. The standard InChI is InChI=1S/C23H26N4O3S2/c1-16(17-11-13-19(14-12-17)32(24,29)30)25-22(28)15-31-23-26-20-9-5-6-10-21(20)27(23)18-7-3-2-4-8-18/h2-4,7-8,11-14,16H,5-6,9-10,15H2,1H3,(H,25,28)(H2,24,29,30)/t16-/m1/s1. The summed E-state index contributed by atoms with van der Waals surface area (Å²) in [4.78, 5) is 17.5. The lowest BCUT2D eigenvalue weighted by atomic mass is 10.0. The zero-order valence-corrected chi connectivity index (χ0v) is 19.5. The van der Waals surface area contributed by atoms with Crippen molar-refractivity contribution < 1.29 is 13.2 Å². The Morgan fingerprint density at radius 1 is 1.12 bits per heavy atom. The Morgan fingerprint density at radius 3 is 2.50 bits per heavy atom. The van der Waals surface area contributed by atoms with Crippen LogP contribution in [0.5, 0.6) is 0 Å². The van der Waals surface area contributed by atoms with Crippen molar-refractivity contribution >= 4 is 27.7 Å². The van der Waals surface area contributed by atoms with Crippen molar-refractivity contribution in [3.63, 3.8) is 0 Å². The Kier molecular flexibility index (Phi) is 6.68. The zero-order valence-electron chi connectivity index (χ0n) is 17.8. The van der Waals surface area contributed by atoms with Crippen molar-refractivity contribution in [3.8, 4) is 5.69 Å². The van der Waals surface area contributed by atoms with Crippen LogP contribution < -0.4 is 10.5 Å². The zero-order chi connectivity index (χ0) is 22.7. The second-order valence-electron chi connectivity index (χ2n) is 7.86. The summed E-state index contributed by atoms with van der Waals surface area (Å²) >= 11 is 1.43. The topological polar surface area (TPSA) is 107 Å². The first kappa shape index (κ1) is 22.6. The maximum Gasteiger partial charge on any atom is 0.238 e. The molecule has 0 fully saturated rings. The molecule has 7 nitrogen and oxygen atoms in total. The number of aromatic nitrogens is 2. The number of amides is 1. The van der Waals surface area contributed by atoms with Crippen molar-refractivity contribution in [1.82, 2.24) is 14.9 Å². The van der Waals surface area contributed by atoms with E-state index in [0.717, 1.165) is 47.8 Å². The van der Waals surface area contributed by atoms with Crippen LogP contribution in [0.4, 0.5) is 0 Å². The molecule has 1 atom stereocenters. The summed E-state index contributed by atoms with van der Waals surface area (Å²) in [6.07, 6.45) is 4.26. The largest absolute Gasteiger partial charge is 0.349 e. The Hall–Kier alpha value is -2.62. The normalized spacial score (nSPS) is 14.6. The van der Waals surface area contributed by atoms with Crippen LogP contribution >= 0.6 is 11.8 Å². The average molecular weight is 471 g/mol. The van der Waals surface area contributed by atoms with E-state index in [2.05, 4.69) is 22.0 Å². The number of thioether (sulfide) groups is 1. The highest BCUT2D eigenvalue weighted by Crippen LogP contribution is 2.30. The van der Waals surface area contributed by atoms with E-state index < -0.39 is 10.0 Å². The molecule has 1 amide bonds. The second kappa shape index (κ2) is 9.48. The van der Waals surface area contributed by atoms with Crippen LogP contribution in [-0.2, 0) is 27.7 Å². The van der Waals surface area contributed by atoms with Crippen LogP contribution in [0.25, 0.3) is 5.69 Å². The number of aryl methyl sites for hydroxylation is 1. The number of carbonyl (C=O) groups is 1. The Bertz CT molecular complexity index is 1210. The Balaban J connectivity index is 1.45. The Morgan fingerprint density at radius 2 is 1.81 bits per heavy atom. The molecule has 32 heavy (non-hydrogen) atoms. The van der Waals surface area contributed by atoms with Crippen LogP contribution in [0.3, 0.4) is 0 Å². The number of rotatable bonds is 7. The van der Waals surface area contributed by atoms with E-state index in [-0.39, 0.29) is 22.6 Å². The number of primary sulfonamides is 1. The van der Waals surface area contributed by atoms with Gasteiger partial charge >= 0.3 is 0 Å². The molecule has 168 valence electrons. The van der Waals surface area contributed by atoms with E-state index >= 15 is 0 Å². The van der Waals surface area contributed by atoms with E-state index in [0.29, 0.717) is 0 Å². The van der Waals surface area contributed by atoms with Crippen LogP contribution in [0.2, 0.25) is 0 Å². The van der Waals surface area contributed by atoms with Crippen molar-refractivity contribution in [2.24, 2.45) is 5.14 Å². The molecule has 1 aliphatic rings. The molecule has 0 saturated heterocycles. The van der Waals surface area contributed by atoms with Gasteiger partial charge in [0.25, 0.3) is 0 Å². The summed E-state index contributed by atoms with van der Waals surface area (Å²) in [7, 11) is -3.74. The van der Waals surface area contributed by atoms with Gasteiger partial charge in [0.1, 0.15) is 0 Å². The minimum Gasteiger partial charge on any atom is -0.349 e. The number of nitrogens with zero attached hydrogens (tertiary/aromatic N) is 2. The van der Waals surface area contributed by atoms with Crippen molar-refractivity contribution in [2.45, 2.75) is 48.7 Å². The van der Waals surface area contributed by atoms with Crippen molar-refractivity contribution in [3.05, 3.63) is 71.5 Å². The van der Waals surface area contributed by atoms with Gasteiger partial charge in [0.15, 0.2) is 5.16 Å². The van der Waals surface area contributed by atoms with E-state index in [4.69, 9.17) is 10.1 Å². The molecule has 0 bridgehead atoms. The molecule has 3 N–H and O–H groups in total. The lowest BCUT2D eigenvalue weighted by Crippen LogP contribution is -2.28. The predicted octanol–water partition coefficient (Wildman–Crippen LogP) is 3.37. The summed E-state index contributed by atoms with van der Waals surface area (Å²) in [5.41, 5.74) is 4.24. The number of nitrogens with two attached hydrogens (primary N) is 1. The SMILES string of the molecule is C[C@@H](NC(=O)CSc1nc2c(n1-c1ccccc1)CCCC2)c1ccc(S(N)(=O)=O)cc1. The average Bonchev–Trinajstić information content (AvgIpc) is 3.16. The summed E-state index contributed by atoms with van der Waals surface area (Å²) in [5, 5.41) is 8.95. The first-order valence-electron chi connectivity index (χ1n) is 10.5. The summed E-state index contributed by atoms with van der Waals surface area (Å²) < 4.78 is 25.0. The minimum atomic E-state index is -3.74. The minimum absolute atomic E-state index is 0.0482. The molecule has 4 rings (SSSR count). The highest BCUT2D eigenvalue weighted by atomic mass is 32.2. The van der Waals surface area contributed by atoms with Crippen LogP contribution in [-0.4, -0.2) is 29.6 Å². The molecule has 0 saturated carbocycles. The van der Waals surface area contributed by atoms with Gasteiger partial charge in [-0.05, 0) is 62.4 Å². The van der Waals surface area contributed by atoms with Crippen LogP contribution in [0.15, 0.2) is 64.6 Å². The van der Waals surface area contributed by atoms with E-state index in [1.807, 2.05) is 25.1 Å². The Labute approximate surface area is 192 Å². The van der Waals surface area contributed by atoms with Gasteiger partial charge in [-0.1, -0.05) is 42.1 Å². The molecule has 1 aliphatic carbocycles. The third-order valence-corrected chi connectivity index (χ3v) is 7.40. The van der Waals surface area contributed by atoms with Crippen LogP contribution in [0, 0.1) is 0 Å². The van der Waals surface area contributed by atoms with Gasteiger partial charge in [-0.25, -0.2) is 18.5 Å². The summed E-state index contributed by atoms with van der Waals surface area (Å²) in [6, 6.07) is 16.1. The first-order valence-corrected chi connectivity index (χ1v) is 13.1. The molecule has 1 heterocycles. The van der Waals surface area contributed by atoms with Gasteiger partial charge in [0, 0.05) is 11.4 Å². The highest BCUT2D eigenvalue weighted by molar-refractivity contribution is 7.99. The monoisotopic (exact) mass is 470 g/mol. The van der Waals surface area contributed by atoms with E-state index in [1.165, 1.54) is 29.6 Å². The van der Waals surface area contributed by atoms with Crippen molar-refractivity contribution in [2.75, 3.05) is 5.75 Å². The molecule has 9 heteroatoms. The number of carbonyl (C=O) groups excluding carboxylic acids is 1. The van der Waals surface area contributed by atoms with Gasteiger partial charge in [0.2, 0.25) is 15.9 Å². The van der Waals surface area contributed by atoms with E-state index in [9.17, 15) is 13.2 Å². The number of sulfonamides is 1.